The summed E-state index contributed by atoms with van der Waals surface area (Å²) in [5.74, 6) is 0.0897. The Hall–Kier alpha value is -1.90. The molecule has 2 atom stereocenters. The molecule has 1 aromatic carbocycles. The van der Waals surface area contributed by atoms with Crippen LogP contribution in [0.3, 0.4) is 0 Å². The highest BCUT2D eigenvalue weighted by Gasteiger charge is 2.28. The van der Waals surface area contributed by atoms with Gasteiger partial charge in [0.25, 0.3) is 5.56 Å². The van der Waals surface area contributed by atoms with Gasteiger partial charge in [-0.2, -0.15) is 0 Å². The molecule has 2 unspecified atom stereocenters. The number of ether oxygens (including phenoxy) is 2. The summed E-state index contributed by atoms with van der Waals surface area (Å²) < 4.78 is 12.8. The van der Waals surface area contributed by atoms with Gasteiger partial charge in [-0.1, -0.05) is 30.8 Å². The van der Waals surface area contributed by atoms with E-state index in [1.165, 1.54) is 11.8 Å². The summed E-state index contributed by atoms with van der Waals surface area (Å²) in [6, 6.07) is 7.39. The third-order valence-electron chi connectivity index (χ3n) is 5.45. The third kappa shape index (κ3) is 4.49. The Kier molecular flexibility index (Phi) is 6.52. The Morgan fingerprint density at radius 2 is 2.07 bits per heavy atom. The molecule has 0 aliphatic carbocycles. The number of morpholine rings is 1. The molecule has 1 amide bonds. The van der Waals surface area contributed by atoms with Crippen LogP contribution in [-0.4, -0.2) is 64.6 Å². The van der Waals surface area contributed by atoms with Crippen molar-refractivity contribution in [3.63, 3.8) is 0 Å². The highest BCUT2D eigenvalue weighted by molar-refractivity contribution is 8.00. The van der Waals surface area contributed by atoms with Crippen molar-refractivity contribution < 1.29 is 14.3 Å². The Morgan fingerprint density at radius 1 is 1.28 bits per heavy atom. The number of nitrogens with zero attached hydrogens (tertiary/aromatic N) is 3. The zero-order valence-corrected chi connectivity index (χ0v) is 17.5. The van der Waals surface area contributed by atoms with Crippen molar-refractivity contribution in [1.82, 2.24) is 14.5 Å². The lowest BCUT2D eigenvalue weighted by Gasteiger charge is -2.30. The fourth-order valence-corrected chi connectivity index (χ4v) is 4.92. The van der Waals surface area contributed by atoms with Gasteiger partial charge < -0.3 is 14.4 Å². The Balaban J connectivity index is 1.66. The normalized spacial score (nSPS) is 20.9. The van der Waals surface area contributed by atoms with Crippen molar-refractivity contribution in [1.29, 1.82) is 0 Å². The van der Waals surface area contributed by atoms with Gasteiger partial charge in [0, 0.05) is 19.7 Å². The molecule has 2 aromatic rings. The van der Waals surface area contributed by atoms with Crippen molar-refractivity contribution in [3.8, 4) is 0 Å². The summed E-state index contributed by atoms with van der Waals surface area (Å²) in [5.41, 5.74) is 0.597. The van der Waals surface area contributed by atoms with Gasteiger partial charge in [0.2, 0.25) is 5.91 Å². The summed E-state index contributed by atoms with van der Waals surface area (Å²) in [7, 11) is 0. The van der Waals surface area contributed by atoms with E-state index in [9.17, 15) is 9.59 Å². The summed E-state index contributed by atoms with van der Waals surface area (Å²) in [5, 5.41) is 0.914. The molecular weight excluding hydrogens is 390 g/mol. The Morgan fingerprint density at radius 3 is 2.79 bits per heavy atom. The quantitative estimate of drug-likeness (QED) is 0.530. The zero-order chi connectivity index (χ0) is 20.2. The number of hydrogen-bond acceptors (Lipinski definition) is 6. The third-order valence-corrected chi connectivity index (χ3v) is 6.80. The van der Waals surface area contributed by atoms with Gasteiger partial charge in [0.15, 0.2) is 5.16 Å². The van der Waals surface area contributed by atoms with Crippen molar-refractivity contribution in [2.75, 3.05) is 32.9 Å². The Labute approximate surface area is 174 Å². The van der Waals surface area contributed by atoms with Crippen molar-refractivity contribution in [2.45, 2.75) is 49.2 Å². The van der Waals surface area contributed by atoms with E-state index in [1.54, 1.807) is 10.6 Å². The fraction of sp³-hybridized carbons (Fsp3) is 0.571. The molecule has 0 spiro atoms. The molecule has 29 heavy (non-hydrogen) atoms. The number of carbonyl (C=O) groups is 1. The molecule has 156 valence electrons. The van der Waals surface area contributed by atoms with E-state index < -0.39 is 0 Å². The Bertz CT molecular complexity index is 920. The van der Waals surface area contributed by atoms with E-state index in [2.05, 4.69) is 0 Å². The van der Waals surface area contributed by atoms with Gasteiger partial charge in [0.05, 0.1) is 42.0 Å². The molecule has 0 saturated carbocycles. The van der Waals surface area contributed by atoms with Gasteiger partial charge in [-0.25, -0.2) is 4.98 Å². The number of benzene rings is 1. The monoisotopic (exact) mass is 417 g/mol. The molecule has 0 radical (unpaired) electrons. The van der Waals surface area contributed by atoms with Crippen molar-refractivity contribution in [2.24, 2.45) is 0 Å². The number of carbonyl (C=O) groups excluding carboxylic acids is 1. The van der Waals surface area contributed by atoms with Gasteiger partial charge in [-0.3, -0.25) is 14.2 Å². The average Bonchev–Trinajstić information content (AvgIpc) is 3.28. The second kappa shape index (κ2) is 9.28. The molecule has 4 rings (SSSR count). The van der Waals surface area contributed by atoms with Crippen LogP contribution in [-0.2, 0) is 20.8 Å². The minimum Gasteiger partial charge on any atom is -0.378 e. The van der Waals surface area contributed by atoms with Crippen LogP contribution in [0.5, 0.6) is 0 Å². The smallest absolute Gasteiger partial charge is 0.262 e. The molecule has 2 aliphatic heterocycles. The van der Waals surface area contributed by atoms with E-state index in [4.69, 9.17) is 14.5 Å². The molecular formula is C21H27N3O4S. The molecule has 1 aromatic heterocycles. The fourth-order valence-electron chi connectivity index (χ4n) is 3.81. The summed E-state index contributed by atoms with van der Waals surface area (Å²) in [4.78, 5) is 32.9. The molecule has 0 N–H and O–H groups in total. The van der Waals surface area contributed by atoms with Crippen molar-refractivity contribution >= 4 is 28.6 Å². The number of aromatic nitrogens is 2. The van der Waals surface area contributed by atoms with E-state index in [1.807, 2.05) is 30.0 Å². The maximum absolute atomic E-state index is 13.2. The highest BCUT2D eigenvalue weighted by Crippen LogP contribution is 2.27. The number of rotatable bonds is 6. The van der Waals surface area contributed by atoms with Crippen LogP contribution in [0.25, 0.3) is 10.9 Å². The first-order chi connectivity index (χ1) is 14.2. The lowest BCUT2D eigenvalue weighted by atomic mass is 10.2. The van der Waals surface area contributed by atoms with Crippen molar-refractivity contribution in [3.05, 3.63) is 34.6 Å². The maximum Gasteiger partial charge on any atom is 0.262 e. The minimum atomic E-state index is -0.281. The minimum absolute atomic E-state index is 0.0185. The summed E-state index contributed by atoms with van der Waals surface area (Å²) in [6.45, 7) is 5.58. The largest absolute Gasteiger partial charge is 0.378 e. The number of fused-ring (bicyclic) bond motifs is 1. The molecule has 3 heterocycles. The predicted molar refractivity (Wildman–Crippen MR) is 112 cm³/mol. The first-order valence-electron chi connectivity index (χ1n) is 10.3. The number of thioether (sulfide) groups is 1. The number of amides is 1. The van der Waals surface area contributed by atoms with Crippen LogP contribution in [0, 0.1) is 0 Å². The summed E-state index contributed by atoms with van der Waals surface area (Å²) >= 11 is 1.39. The van der Waals surface area contributed by atoms with E-state index >= 15 is 0 Å². The molecule has 2 aliphatic rings. The second-order valence-electron chi connectivity index (χ2n) is 7.41. The molecule has 2 saturated heterocycles. The van der Waals surface area contributed by atoms with Crippen LogP contribution >= 0.6 is 11.8 Å². The van der Waals surface area contributed by atoms with Gasteiger partial charge in [-0.05, 0) is 31.4 Å². The van der Waals surface area contributed by atoms with Crippen LogP contribution in [0.1, 0.15) is 26.2 Å². The average molecular weight is 418 g/mol. The van der Waals surface area contributed by atoms with Crippen LogP contribution in [0.15, 0.2) is 34.2 Å². The lowest BCUT2D eigenvalue weighted by molar-refractivity contribution is -0.134. The molecule has 2 fully saturated rings. The second-order valence-corrected chi connectivity index (χ2v) is 8.58. The van der Waals surface area contributed by atoms with E-state index in [0.717, 1.165) is 19.4 Å². The van der Waals surface area contributed by atoms with Crippen LogP contribution < -0.4 is 5.56 Å². The summed E-state index contributed by atoms with van der Waals surface area (Å²) in [6.07, 6.45) is 2.64. The van der Waals surface area contributed by atoms with Crippen LogP contribution in [0.4, 0.5) is 0 Å². The topological polar surface area (TPSA) is 73.7 Å². The maximum atomic E-state index is 13.2. The van der Waals surface area contributed by atoms with Gasteiger partial charge >= 0.3 is 0 Å². The molecule has 7 nitrogen and oxygen atoms in total. The van der Waals surface area contributed by atoms with E-state index in [-0.39, 0.29) is 22.8 Å². The molecule has 0 bridgehead atoms. The first kappa shape index (κ1) is 20.4. The standard InChI is InChI=1S/C21H27N3O4S/c1-2-18(20(26)23-9-12-27-13-10-23)29-21-22-17-8-4-3-7-16(17)19(25)24(21)14-15-6-5-11-28-15/h3-4,7-8,15,18H,2,5-6,9-14H2,1H3. The first-order valence-corrected chi connectivity index (χ1v) is 11.2. The predicted octanol–water partition coefficient (Wildman–Crippen LogP) is 2.30. The molecule has 8 heteroatoms. The number of para-hydroxylation sites is 1. The van der Waals surface area contributed by atoms with E-state index in [0.29, 0.717) is 55.3 Å². The SMILES string of the molecule is CCC(Sc1nc2ccccc2c(=O)n1CC1CCCO1)C(=O)N1CCOCC1. The lowest BCUT2D eigenvalue weighted by Crippen LogP contribution is -2.44. The van der Waals surface area contributed by atoms with Crippen LogP contribution in [0.2, 0.25) is 0 Å². The van der Waals surface area contributed by atoms with Gasteiger partial charge in [-0.15, -0.1) is 0 Å². The number of hydrogen-bond donors (Lipinski definition) is 0. The highest BCUT2D eigenvalue weighted by atomic mass is 32.2. The zero-order valence-electron chi connectivity index (χ0n) is 16.7. The van der Waals surface area contributed by atoms with Gasteiger partial charge in [0.1, 0.15) is 0 Å².